The van der Waals surface area contributed by atoms with Gasteiger partial charge in [0.2, 0.25) is 0 Å². The highest BCUT2D eigenvalue weighted by Gasteiger charge is 2.47. The predicted molar refractivity (Wildman–Crippen MR) is 99.1 cm³/mol. The number of aliphatic imine (C=N–C) groups is 1. The van der Waals surface area contributed by atoms with Crippen LogP contribution < -0.4 is 0 Å². The molecule has 0 saturated heterocycles. The molecule has 0 aromatic rings. The fourth-order valence-electron chi connectivity index (χ4n) is 1.88. The van der Waals surface area contributed by atoms with E-state index >= 15 is 0 Å². The Hall–Kier alpha value is 0.418. The third kappa shape index (κ3) is 5.32. The van der Waals surface area contributed by atoms with Gasteiger partial charge < -0.3 is 12.3 Å². The molecule has 0 radical (unpaired) electrons. The topological polar surface area (TPSA) is 40.0 Å². The van der Waals surface area contributed by atoms with Gasteiger partial charge in [0.25, 0.3) is 10.0 Å². The second-order valence-corrected chi connectivity index (χ2v) is 18.2. The van der Waals surface area contributed by atoms with E-state index in [4.69, 9.17) is 12.3 Å². The number of rotatable bonds is 8. The molecular weight excluding hydrogens is 318 g/mol. The second kappa shape index (κ2) is 7.61. The fourth-order valence-corrected chi connectivity index (χ4v) is 11.3. The van der Waals surface area contributed by atoms with Crippen LogP contribution in [0.25, 0.3) is 0 Å². The zero-order valence-electron chi connectivity index (χ0n) is 15.0. The van der Waals surface area contributed by atoms with Crippen LogP contribution in [0.1, 0.15) is 34.6 Å². The summed E-state index contributed by atoms with van der Waals surface area (Å²) in [4.78, 5) is 4.39. The van der Waals surface area contributed by atoms with Crippen molar-refractivity contribution < 1.29 is 12.3 Å². The van der Waals surface area contributed by atoms with Crippen LogP contribution in [-0.2, 0) is 12.3 Å². The van der Waals surface area contributed by atoms with Gasteiger partial charge in [-0.2, -0.15) is 0 Å². The third-order valence-corrected chi connectivity index (χ3v) is 13.7. The molecule has 20 heavy (non-hydrogen) atoms. The molecule has 0 aliphatic carbocycles. The summed E-state index contributed by atoms with van der Waals surface area (Å²) in [5.74, 6) is 0. The SMILES string of the molecule is CN=C(C)C(C)(C)C(C)(C)[SiH](O[SiH3])O[SiH2]O[Si](C)(C)C. The number of nitrogens with zero attached hydrogens (tertiary/aromatic N) is 1. The Labute approximate surface area is 133 Å². The standard InChI is InChI=1S/C12H33NO3Si4/c1-10(13-6)11(2,3)12(4,5)19(14-17)15-18-16-20(7,8)9/h19H,18H2,1-9,17H3. The van der Waals surface area contributed by atoms with Gasteiger partial charge in [0.05, 0.1) is 0 Å². The molecule has 0 N–H and O–H groups in total. The lowest BCUT2D eigenvalue weighted by molar-refractivity contribution is 0.285. The smallest absolute Gasteiger partial charge is 0.308 e. The van der Waals surface area contributed by atoms with Gasteiger partial charge in [-0.25, -0.2) is 0 Å². The minimum absolute atomic E-state index is 0.0197. The van der Waals surface area contributed by atoms with Gasteiger partial charge in [-0.15, -0.1) is 0 Å². The van der Waals surface area contributed by atoms with Crippen LogP contribution in [0, 0.1) is 5.41 Å². The molecule has 0 aromatic heterocycles. The highest BCUT2D eigenvalue weighted by molar-refractivity contribution is 6.74. The minimum Gasteiger partial charge on any atom is -0.447 e. The van der Waals surface area contributed by atoms with Crippen molar-refractivity contribution in [2.24, 2.45) is 10.4 Å². The van der Waals surface area contributed by atoms with E-state index in [0.717, 1.165) is 5.71 Å². The van der Waals surface area contributed by atoms with E-state index in [1.165, 1.54) is 0 Å². The molecule has 120 valence electrons. The Bertz CT molecular complexity index is 340. The van der Waals surface area contributed by atoms with E-state index in [1.807, 2.05) is 7.05 Å². The summed E-state index contributed by atoms with van der Waals surface area (Å²) >= 11 is 0. The lowest BCUT2D eigenvalue weighted by Gasteiger charge is -2.45. The molecular formula is C12H33NO3Si4. The largest absolute Gasteiger partial charge is 0.447 e. The van der Waals surface area contributed by atoms with Gasteiger partial charge in [0.15, 0.2) is 8.32 Å². The van der Waals surface area contributed by atoms with Gasteiger partial charge >= 0.3 is 9.28 Å². The summed E-state index contributed by atoms with van der Waals surface area (Å²) in [5.41, 5.74) is 1.12. The first kappa shape index (κ1) is 20.4. The summed E-state index contributed by atoms with van der Waals surface area (Å²) in [5, 5.41) is -0.0197. The minimum atomic E-state index is -1.77. The first-order valence-corrected chi connectivity index (χ1v) is 14.0. The predicted octanol–water partition coefficient (Wildman–Crippen LogP) is 1.27. The molecule has 4 nitrogen and oxygen atoms in total. The average molecular weight is 352 g/mol. The highest BCUT2D eigenvalue weighted by atomic mass is 28.4. The molecule has 1 atom stereocenters. The molecule has 8 heteroatoms. The van der Waals surface area contributed by atoms with Crippen LogP contribution in [0.5, 0.6) is 0 Å². The summed E-state index contributed by atoms with van der Waals surface area (Å²) in [6.45, 7) is 17.7. The van der Waals surface area contributed by atoms with Crippen molar-refractivity contribution in [3.8, 4) is 0 Å². The van der Waals surface area contributed by atoms with E-state index in [1.54, 1.807) is 0 Å². The Morgan fingerprint density at radius 2 is 1.70 bits per heavy atom. The third-order valence-electron chi connectivity index (χ3n) is 4.37. The molecule has 0 aromatic carbocycles. The summed E-state index contributed by atoms with van der Waals surface area (Å²) in [6, 6.07) is 0. The monoisotopic (exact) mass is 351 g/mol. The van der Waals surface area contributed by atoms with E-state index in [9.17, 15) is 0 Å². The maximum absolute atomic E-state index is 6.16. The van der Waals surface area contributed by atoms with Crippen LogP contribution in [0.3, 0.4) is 0 Å². The van der Waals surface area contributed by atoms with Crippen molar-refractivity contribution in [2.75, 3.05) is 7.05 Å². The zero-order chi connectivity index (χ0) is 16.2. The fraction of sp³-hybridized carbons (Fsp3) is 0.917. The Morgan fingerprint density at radius 1 is 1.20 bits per heavy atom. The van der Waals surface area contributed by atoms with Crippen molar-refractivity contribution >= 4 is 43.8 Å². The average Bonchev–Trinajstić information content (AvgIpc) is 2.31. The number of hydrogen-bond acceptors (Lipinski definition) is 4. The van der Waals surface area contributed by atoms with Crippen molar-refractivity contribution in [2.45, 2.75) is 59.3 Å². The van der Waals surface area contributed by atoms with E-state index in [-0.39, 0.29) is 10.5 Å². The van der Waals surface area contributed by atoms with Crippen molar-refractivity contribution in [1.29, 1.82) is 0 Å². The Morgan fingerprint density at radius 3 is 2.05 bits per heavy atom. The molecule has 0 fully saturated rings. The number of hydrogen-bond donors (Lipinski definition) is 0. The lowest BCUT2D eigenvalue weighted by atomic mass is 9.76. The molecule has 1 unspecified atom stereocenters. The molecule has 0 saturated carbocycles. The molecule has 0 aliphatic rings. The zero-order valence-corrected chi connectivity index (χ0v) is 20.5. The normalized spacial score (nSPS) is 17.1. The lowest BCUT2D eigenvalue weighted by Crippen LogP contribution is -2.48. The van der Waals surface area contributed by atoms with Crippen LogP contribution in [0.15, 0.2) is 4.99 Å². The van der Waals surface area contributed by atoms with Gasteiger partial charge in [-0.3, -0.25) is 4.99 Å². The maximum atomic E-state index is 6.16. The van der Waals surface area contributed by atoms with Gasteiger partial charge in [-0.1, -0.05) is 27.7 Å². The van der Waals surface area contributed by atoms with Crippen molar-refractivity contribution in [3.05, 3.63) is 0 Å². The van der Waals surface area contributed by atoms with Crippen molar-refractivity contribution in [3.63, 3.8) is 0 Å². The molecule has 0 aliphatic heterocycles. The summed E-state index contributed by atoms with van der Waals surface area (Å²) < 4.78 is 18.0. The molecule has 0 amide bonds. The summed E-state index contributed by atoms with van der Waals surface area (Å²) in [7, 11) is -1.61. The maximum Gasteiger partial charge on any atom is 0.308 e. The van der Waals surface area contributed by atoms with Crippen LogP contribution >= 0.6 is 0 Å². The highest BCUT2D eigenvalue weighted by Crippen LogP contribution is 2.48. The Balaban J connectivity index is 4.94. The quantitative estimate of drug-likeness (QED) is 0.488. The van der Waals surface area contributed by atoms with Gasteiger partial charge in [0.1, 0.15) is 10.5 Å². The molecule has 0 rings (SSSR count). The van der Waals surface area contributed by atoms with Gasteiger partial charge in [0, 0.05) is 23.2 Å². The summed E-state index contributed by atoms with van der Waals surface area (Å²) in [6.07, 6.45) is 0. The molecule has 0 heterocycles. The van der Waals surface area contributed by atoms with Crippen LogP contribution in [0.4, 0.5) is 0 Å². The van der Waals surface area contributed by atoms with E-state index < -0.39 is 27.6 Å². The first-order valence-electron chi connectivity index (χ1n) is 7.12. The second-order valence-electron chi connectivity index (χ2n) is 7.26. The van der Waals surface area contributed by atoms with Crippen molar-refractivity contribution in [1.82, 2.24) is 0 Å². The Kier molecular flexibility index (Phi) is 7.77. The van der Waals surface area contributed by atoms with E-state index in [0.29, 0.717) is 10.5 Å². The van der Waals surface area contributed by atoms with Gasteiger partial charge in [-0.05, 0) is 26.6 Å². The molecule has 0 spiro atoms. The van der Waals surface area contributed by atoms with Crippen LogP contribution in [0.2, 0.25) is 24.7 Å². The first-order chi connectivity index (χ1) is 8.90. The van der Waals surface area contributed by atoms with E-state index in [2.05, 4.69) is 59.3 Å². The van der Waals surface area contributed by atoms with Crippen LogP contribution in [-0.4, -0.2) is 50.9 Å². The molecule has 0 bridgehead atoms.